The van der Waals surface area contributed by atoms with E-state index in [0.717, 1.165) is 33.7 Å². The molecule has 1 N–H and O–H groups in total. The molecule has 8 nitrogen and oxygen atoms in total. The Hall–Kier alpha value is -3.20. The van der Waals surface area contributed by atoms with Crippen LogP contribution in [0.4, 0.5) is 4.79 Å². The first-order valence-electron chi connectivity index (χ1n) is 9.29. The van der Waals surface area contributed by atoms with E-state index in [-0.39, 0.29) is 18.3 Å². The summed E-state index contributed by atoms with van der Waals surface area (Å²) in [5, 5.41) is 8.87. The average molecular weight is 410 g/mol. The molecule has 2 aromatic heterocycles. The van der Waals surface area contributed by atoms with Crippen molar-refractivity contribution in [2.75, 3.05) is 7.11 Å². The summed E-state index contributed by atoms with van der Waals surface area (Å²) in [4.78, 5) is 32.6. The van der Waals surface area contributed by atoms with Crippen LogP contribution in [0, 0.1) is 0 Å². The van der Waals surface area contributed by atoms with E-state index < -0.39 is 11.6 Å². The van der Waals surface area contributed by atoms with Gasteiger partial charge in [0.1, 0.15) is 17.8 Å². The number of nitrogens with one attached hydrogen (secondary N) is 1. The maximum Gasteiger partial charge on any atom is 0.325 e. The minimum absolute atomic E-state index is 0.0666. The van der Waals surface area contributed by atoms with Gasteiger partial charge in [-0.25, -0.2) is 4.79 Å². The molecular weight excluding hydrogens is 392 g/mol. The summed E-state index contributed by atoms with van der Waals surface area (Å²) < 4.78 is 10.5. The Balaban J connectivity index is 1.40. The largest absolute Gasteiger partial charge is 0.497 e. The summed E-state index contributed by atoms with van der Waals surface area (Å²) in [6, 6.07) is 8.77. The molecule has 1 aliphatic carbocycles. The topological polar surface area (TPSA) is 97.6 Å². The number of fused-ring (bicyclic) bond motifs is 2. The summed E-state index contributed by atoms with van der Waals surface area (Å²) >= 11 is 1.63. The third kappa shape index (κ3) is 2.80. The summed E-state index contributed by atoms with van der Waals surface area (Å²) in [6.45, 7) is -0.0666. The first-order chi connectivity index (χ1) is 14.1. The number of amides is 3. The number of rotatable bonds is 4. The van der Waals surface area contributed by atoms with Crippen molar-refractivity contribution in [3.8, 4) is 17.1 Å². The van der Waals surface area contributed by atoms with Crippen LogP contribution in [-0.4, -0.2) is 34.1 Å². The molecule has 3 amide bonds. The minimum atomic E-state index is -0.972. The maximum atomic E-state index is 13.3. The Kier molecular flexibility index (Phi) is 4.13. The number of aryl methyl sites for hydroxylation is 1. The molecule has 1 aromatic carbocycles. The van der Waals surface area contributed by atoms with Gasteiger partial charge in [0.05, 0.1) is 7.11 Å². The van der Waals surface area contributed by atoms with Crippen LogP contribution in [0.15, 0.2) is 40.2 Å². The van der Waals surface area contributed by atoms with Gasteiger partial charge in [0.25, 0.3) is 5.91 Å². The Labute approximate surface area is 170 Å². The molecule has 1 saturated heterocycles. The van der Waals surface area contributed by atoms with E-state index in [1.807, 2.05) is 29.6 Å². The average Bonchev–Trinajstić information content (AvgIpc) is 3.45. The van der Waals surface area contributed by atoms with Gasteiger partial charge in [0.15, 0.2) is 0 Å². The second-order valence-corrected chi connectivity index (χ2v) is 8.08. The maximum absolute atomic E-state index is 13.3. The van der Waals surface area contributed by atoms with Crippen LogP contribution in [0.2, 0.25) is 0 Å². The Morgan fingerprint density at radius 2 is 2.24 bits per heavy atom. The number of methoxy groups -OCH3 is 1. The van der Waals surface area contributed by atoms with Crippen molar-refractivity contribution in [3.05, 3.63) is 52.0 Å². The number of hydrogen-bond acceptors (Lipinski definition) is 7. The molecule has 1 spiro atoms. The molecule has 1 unspecified atom stereocenters. The highest BCUT2D eigenvalue weighted by atomic mass is 32.1. The molecule has 5 rings (SSSR count). The SMILES string of the molecule is COc1cccc(-c2noc(CN3C(=O)NC4(CCCc5sccc54)C3=O)n2)c1. The number of nitrogens with zero attached hydrogens (tertiary/aromatic N) is 3. The zero-order valence-corrected chi connectivity index (χ0v) is 16.5. The lowest BCUT2D eigenvalue weighted by molar-refractivity contribution is -0.132. The van der Waals surface area contributed by atoms with Gasteiger partial charge in [-0.15, -0.1) is 11.3 Å². The summed E-state index contributed by atoms with van der Waals surface area (Å²) in [6.07, 6.45) is 2.38. The fraction of sp³-hybridized carbons (Fsp3) is 0.300. The number of thiophene rings is 1. The van der Waals surface area contributed by atoms with Gasteiger partial charge in [0.2, 0.25) is 11.7 Å². The highest BCUT2D eigenvalue weighted by molar-refractivity contribution is 7.10. The van der Waals surface area contributed by atoms with E-state index in [1.165, 1.54) is 0 Å². The van der Waals surface area contributed by atoms with Crippen LogP contribution >= 0.6 is 11.3 Å². The quantitative estimate of drug-likeness (QED) is 0.664. The van der Waals surface area contributed by atoms with Crippen LogP contribution in [0.3, 0.4) is 0 Å². The Morgan fingerprint density at radius 3 is 3.10 bits per heavy atom. The number of benzene rings is 1. The van der Waals surface area contributed by atoms with Crippen LogP contribution in [0.5, 0.6) is 5.75 Å². The number of urea groups is 1. The van der Waals surface area contributed by atoms with Gasteiger partial charge < -0.3 is 14.6 Å². The van der Waals surface area contributed by atoms with Crippen molar-refractivity contribution in [1.29, 1.82) is 0 Å². The number of carbonyl (C=O) groups excluding carboxylic acids is 2. The third-order valence-corrected chi connectivity index (χ3v) is 6.41. The molecule has 9 heteroatoms. The minimum Gasteiger partial charge on any atom is -0.497 e. The van der Waals surface area contributed by atoms with E-state index in [9.17, 15) is 9.59 Å². The zero-order valence-electron chi connectivity index (χ0n) is 15.7. The summed E-state index contributed by atoms with van der Waals surface area (Å²) in [7, 11) is 1.58. The Bertz CT molecular complexity index is 1110. The second kappa shape index (κ2) is 6.70. The lowest BCUT2D eigenvalue weighted by atomic mass is 9.80. The van der Waals surface area contributed by atoms with E-state index in [1.54, 1.807) is 24.5 Å². The molecule has 148 valence electrons. The van der Waals surface area contributed by atoms with E-state index in [4.69, 9.17) is 9.26 Å². The number of imide groups is 1. The smallest absolute Gasteiger partial charge is 0.325 e. The molecule has 0 bridgehead atoms. The summed E-state index contributed by atoms with van der Waals surface area (Å²) in [5.41, 5.74) is 0.667. The molecular formula is C20H18N4O4S. The molecule has 3 heterocycles. The van der Waals surface area contributed by atoms with Gasteiger partial charge in [-0.05, 0) is 42.8 Å². The van der Waals surface area contributed by atoms with Crippen molar-refractivity contribution in [1.82, 2.24) is 20.4 Å². The monoisotopic (exact) mass is 410 g/mol. The van der Waals surface area contributed by atoms with Crippen LogP contribution < -0.4 is 10.1 Å². The van der Waals surface area contributed by atoms with Crippen LogP contribution in [-0.2, 0) is 23.3 Å². The lowest BCUT2D eigenvalue weighted by Crippen LogP contribution is -2.46. The summed E-state index contributed by atoms with van der Waals surface area (Å²) in [5.74, 6) is 0.986. The van der Waals surface area contributed by atoms with Crippen molar-refractivity contribution in [3.63, 3.8) is 0 Å². The third-order valence-electron chi connectivity index (χ3n) is 5.43. The lowest BCUT2D eigenvalue weighted by Gasteiger charge is -2.31. The molecule has 0 saturated carbocycles. The molecule has 3 aromatic rings. The predicted octanol–water partition coefficient (Wildman–Crippen LogP) is 3.09. The van der Waals surface area contributed by atoms with E-state index in [0.29, 0.717) is 18.0 Å². The van der Waals surface area contributed by atoms with Crippen molar-refractivity contribution in [2.24, 2.45) is 0 Å². The van der Waals surface area contributed by atoms with Gasteiger partial charge in [-0.3, -0.25) is 9.69 Å². The number of hydrogen-bond donors (Lipinski definition) is 1. The van der Waals surface area contributed by atoms with E-state index >= 15 is 0 Å². The molecule has 29 heavy (non-hydrogen) atoms. The van der Waals surface area contributed by atoms with E-state index in [2.05, 4.69) is 15.5 Å². The molecule has 2 aliphatic rings. The number of carbonyl (C=O) groups is 2. The molecule has 1 aliphatic heterocycles. The predicted molar refractivity (Wildman–Crippen MR) is 104 cm³/mol. The van der Waals surface area contributed by atoms with Gasteiger partial charge >= 0.3 is 6.03 Å². The molecule has 0 radical (unpaired) electrons. The van der Waals surface area contributed by atoms with Gasteiger partial charge in [0, 0.05) is 16.0 Å². The van der Waals surface area contributed by atoms with Gasteiger partial charge in [-0.2, -0.15) is 4.98 Å². The number of ether oxygens (including phenoxy) is 1. The second-order valence-electron chi connectivity index (χ2n) is 7.08. The Morgan fingerprint density at radius 1 is 1.34 bits per heavy atom. The van der Waals surface area contributed by atoms with Crippen LogP contribution in [0.1, 0.15) is 29.2 Å². The first kappa shape index (κ1) is 17.9. The molecule has 1 atom stereocenters. The fourth-order valence-electron chi connectivity index (χ4n) is 4.02. The highest BCUT2D eigenvalue weighted by Crippen LogP contribution is 2.42. The normalized spacial score (nSPS) is 20.8. The van der Waals surface area contributed by atoms with Gasteiger partial charge in [-0.1, -0.05) is 17.3 Å². The van der Waals surface area contributed by atoms with Crippen molar-refractivity contribution < 1.29 is 18.8 Å². The standard InChI is InChI=1S/C20H18N4O4S/c1-27-13-5-2-4-12(10-13)17-21-16(28-23-17)11-24-18(25)20(22-19(24)26)8-3-6-15-14(20)7-9-29-15/h2,4-5,7,9-10H,3,6,8,11H2,1H3,(H,22,26). The zero-order chi connectivity index (χ0) is 20.0. The highest BCUT2D eigenvalue weighted by Gasteiger charge is 2.54. The molecule has 1 fully saturated rings. The van der Waals surface area contributed by atoms with Crippen molar-refractivity contribution in [2.45, 2.75) is 31.3 Å². The van der Waals surface area contributed by atoms with Crippen LogP contribution in [0.25, 0.3) is 11.4 Å². The first-order valence-corrected chi connectivity index (χ1v) is 10.2. The fourth-order valence-corrected chi connectivity index (χ4v) is 5.02. The number of aromatic nitrogens is 2. The van der Waals surface area contributed by atoms with Crippen molar-refractivity contribution >= 4 is 23.3 Å².